The predicted octanol–water partition coefficient (Wildman–Crippen LogP) is 3.20. The number of halogens is 1. The number of carbonyl (C=O) groups excluding carboxylic acids is 1. The largest absolute Gasteiger partial charge is 0.484 e. The van der Waals surface area contributed by atoms with Gasteiger partial charge in [0, 0.05) is 19.6 Å². The Morgan fingerprint density at radius 3 is 2.70 bits per heavy atom. The number of likely N-dealkylation sites (tertiary alicyclic amines) is 1. The van der Waals surface area contributed by atoms with Crippen LogP contribution in [0.25, 0.3) is 0 Å². The highest BCUT2D eigenvalue weighted by Crippen LogP contribution is 2.21. The minimum Gasteiger partial charge on any atom is -0.484 e. The summed E-state index contributed by atoms with van der Waals surface area (Å²) in [5.74, 6) is 1.74. The molecule has 1 unspecified atom stereocenters. The van der Waals surface area contributed by atoms with Crippen LogP contribution in [0.1, 0.15) is 24.5 Å². The van der Waals surface area contributed by atoms with Crippen LogP contribution in [0.15, 0.2) is 59.6 Å². The summed E-state index contributed by atoms with van der Waals surface area (Å²) in [4.78, 5) is 18.1. The minimum atomic E-state index is -0.484. The topological polar surface area (TPSA) is 80.0 Å². The molecule has 0 bridgehead atoms. The fourth-order valence-corrected chi connectivity index (χ4v) is 3.62. The fourth-order valence-electron chi connectivity index (χ4n) is 3.62. The number of hydrogen-bond acceptors (Lipinski definition) is 3. The second-order valence-electron chi connectivity index (χ2n) is 7.36. The van der Waals surface area contributed by atoms with Crippen LogP contribution in [0.4, 0.5) is 0 Å². The van der Waals surface area contributed by atoms with Crippen molar-refractivity contribution in [2.45, 2.75) is 26.3 Å². The summed E-state index contributed by atoms with van der Waals surface area (Å²) in [6.45, 7) is 5.39. The minimum absolute atomic E-state index is 0. The molecule has 0 spiro atoms. The van der Waals surface area contributed by atoms with E-state index >= 15 is 0 Å². The molecule has 1 saturated heterocycles. The first-order valence-corrected chi connectivity index (χ1v) is 10.2. The molecular weight excluding hydrogens is 491 g/mol. The van der Waals surface area contributed by atoms with Crippen molar-refractivity contribution in [1.82, 2.24) is 10.2 Å². The first-order valence-electron chi connectivity index (χ1n) is 10.2. The normalized spacial score (nSPS) is 16.1. The molecule has 0 radical (unpaired) electrons. The number of guanidine groups is 1. The molecule has 1 aliphatic rings. The highest BCUT2D eigenvalue weighted by Gasteiger charge is 2.24. The van der Waals surface area contributed by atoms with E-state index in [0.29, 0.717) is 18.2 Å². The predicted molar refractivity (Wildman–Crippen MR) is 131 cm³/mol. The molecule has 3 rings (SSSR count). The van der Waals surface area contributed by atoms with E-state index in [2.05, 4.69) is 47.5 Å². The van der Waals surface area contributed by atoms with Gasteiger partial charge in [0.1, 0.15) is 5.75 Å². The number of nitrogens with one attached hydrogen (secondary N) is 1. The molecule has 1 fully saturated rings. The van der Waals surface area contributed by atoms with Crippen LogP contribution >= 0.6 is 24.0 Å². The van der Waals surface area contributed by atoms with E-state index in [4.69, 9.17) is 15.5 Å². The van der Waals surface area contributed by atoms with Crippen molar-refractivity contribution in [1.29, 1.82) is 0 Å². The van der Waals surface area contributed by atoms with Crippen molar-refractivity contribution in [3.8, 4) is 5.75 Å². The van der Waals surface area contributed by atoms with Crippen molar-refractivity contribution in [2.75, 3.05) is 26.2 Å². The lowest BCUT2D eigenvalue weighted by Crippen LogP contribution is -2.40. The Hall–Kier alpha value is -2.29. The third kappa shape index (κ3) is 7.51. The summed E-state index contributed by atoms with van der Waals surface area (Å²) in [6, 6.07) is 18.3. The second-order valence-corrected chi connectivity index (χ2v) is 7.36. The highest BCUT2D eigenvalue weighted by atomic mass is 127. The average molecular weight is 522 g/mol. The zero-order valence-corrected chi connectivity index (χ0v) is 19.8. The van der Waals surface area contributed by atoms with Crippen LogP contribution in [0.5, 0.6) is 5.75 Å². The molecular formula is C23H31IN4O2. The van der Waals surface area contributed by atoms with E-state index in [-0.39, 0.29) is 30.6 Å². The number of nitrogens with two attached hydrogens (primary N) is 1. The number of carbonyl (C=O) groups is 1. The molecule has 7 heteroatoms. The Balaban J connectivity index is 0.00000320. The maximum atomic E-state index is 10.9. The molecule has 3 N–H and O–H groups in total. The van der Waals surface area contributed by atoms with Gasteiger partial charge in [0.05, 0.1) is 6.54 Å². The van der Waals surface area contributed by atoms with E-state index in [9.17, 15) is 4.79 Å². The van der Waals surface area contributed by atoms with Gasteiger partial charge in [0.2, 0.25) is 0 Å². The van der Waals surface area contributed by atoms with E-state index < -0.39 is 5.91 Å². The first kappa shape index (κ1) is 24.0. The Morgan fingerprint density at radius 1 is 1.20 bits per heavy atom. The molecule has 0 aromatic heterocycles. The van der Waals surface area contributed by atoms with Gasteiger partial charge >= 0.3 is 0 Å². The zero-order chi connectivity index (χ0) is 20.5. The van der Waals surface area contributed by atoms with E-state index in [1.165, 1.54) is 12.0 Å². The summed E-state index contributed by atoms with van der Waals surface area (Å²) in [7, 11) is 0. The third-order valence-electron chi connectivity index (χ3n) is 4.98. The smallest absolute Gasteiger partial charge is 0.255 e. The lowest BCUT2D eigenvalue weighted by molar-refractivity contribution is -0.119. The monoisotopic (exact) mass is 522 g/mol. The van der Waals surface area contributed by atoms with Crippen molar-refractivity contribution in [3.63, 3.8) is 0 Å². The number of nitrogens with zero attached hydrogens (tertiary/aromatic N) is 2. The summed E-state index contributed by atoms with van der Waals surface area (Å²) in [5.41, 5.74) is 7.57. The molecule has 1 atom stereocenters. The Labute approximate surface area is 195 Å². The van der Waals surface area contributed by atoms with Gasteiger partial charge in [-0.2, -0.15) is 0 Å². The average Bonchev–Trinajstić information content (AvgIpc) is 3.19. The molecule has 1 heterocycles. The van der Waals surface area contributed by atoms with E-state index in [1.54, 1.807) is 0 Å². The maximum Gasteiger partial charge on any atom is 0.255 e. The van der Waals surface area contributed by atoms with Crippen LogP contribution in [0, 0.1) is 5.92 Å². The standard InChI is InChI=1S/C23H30N4O2.HI/c1-2-25-23(26-15-19-9-6-10-21(14-19)29-17-22(24)28)27-12-11-20(16-27)13-18-7-4-3-5-8-18;/h3-10,14,20H,2,11-13,15-17H2,1H3,(H2,24,28)(H,25,26);1H. The fraction of sp³-hybridized carbons (Fsp3) is 0.391. The molecule has 30 heavy (non-hydrogen) atoms. The Kier molecular flexibility index (Phi) is 9.93. The van der Waals surface area contributed by atoms with Gasteiger partial charge in [-0.1, -0.05) is 42.5 Å². The number of rotatable bonds is 8. The quantitative estimate of drug-likeness (QED) is 0.317. The summed E-state index contributed by atoms with van der Waals surface area (Å²) in [5, 5.41) is 3.42. The van der Waals surface area contributed by atoms with Gasteiger partial charge in [-0.05, 0) is 48.9 Å². The van der Waals surface area contributed by atoms with Gasteiger partial charge in [0.25, 0.3) is 5.91 Å². The van der Waals surface area contributed by atoms with E-state index in [0.717, 1.165) is 37.6 Å². The number of hydrogen-bond donors (Lipinski definition) is 2. The van der Waals surface area contributed by atoms with Crippen LogP contribution in [-0.4, -0.2) is 43.0 Å². The van der Waals surface area contributed by atoms with Crippen molar-refractivity contribution in [2.24, 2.45) is 16.6 Å². The number of benzene rings is 2. The molecule has 1 amide bonds. The summed E-state index contributed by atoms with van der Waals surface area (Å²) >= 11 is 0. The first-order chi connectivity index (χ1) is 14.1. The van der Waals surface area contributed by atoms with Gasteiger partial charge < -0.3 is 20.7 Å². The molecule has 0 saturated carbocycles. The molecule has 0 aliphatic carbocycles. The van der Waals surface area contributed by atoms with Gasteiger partial charge in [-0.3, -0.25) is 4.79 Å². The molecule has 162 valence electrons. The van der Waals surface area contributed by atoms with Gasteiger partial charge in [0.15, 0.2) is 12.6 Å². The third-order valence-corrected chi connectivity index (χ3v) is 4.98. The van der Waals surface area contributed by atoms with Crippen molar-refractivity contribution < 1.29 is 9.53 Å². The van der Waals surface area contributed by atoms with Crippen LogP contribution in [0.3, 0.4) is 0 Å². The Bertz CT molecular complexity index is 829. The van der Waals surface area contributed by atoms with Crippen LogP contribution in [0.2, 0.25) is 0 Å². The Morgan fingerprint density at radius 2 is 1.97 bits per heavy atom. The SMILES string of the molecule is CCNC(=NCc1cccc(OCC(N)=O)c1)N1CCC(Cc2ccccc2)C1.I. The molecule has 6 nitrogen and oxygen atoms in total. The van der Waals surface area contributed by atoms with Crippen molar-refractivity contribution in [3.05, 3.63) is 65.7 Å². The molecule has 2 aromatic carbocycles. The van der Waals surface area contributed by atoms with Gasteiger partial charge in [-0.15, -0.1) is 24.0 Å². The number of amides is 1. The number of primary amides is 1. The molecule has 2 aromatic rings. The lowest BCUT2D eigenvalue weighted by atomic mass is 9.99. The van der Waals surface area contributed by atoms with Crippen LogP contribution in [-0.2, 0) is 17.8 Å². The van der Waals surface area contributed by atoms with E-state index in [1.807, 2.05) is 24.3 Å². The second kappa shape index (κ2) is 12.4. The highest BCUT2D eigenvalue weighted by molar-refractivity contribution is 14.0. The van der Waals surface area contributed by atoms with Gasteiger partial charge in [-0.25, -0.2) is 4.99 Å². The summed E-state index contributed by atoms with van der Waals surface area (Å²) in [6.07, 6.45) is 2.28. The number of aliphatic imine (C=N–C) groups is 1. The lowest BCUT2D eigenvalue weighted by Gasteiger charge is -2.22. The number of ether oxygens (including phenoxy) is 1. The zero-order valence-electron chi connectivity index (χ0n) is 17.4. The summed E-state index contributed by atoms with van der Waals surface area (Å²) < 4.78 is 5.38. The molecule has 1 aliphatic heterocycles. The van der Waals surface area contributed by atoms with Crippen LogP contribution < -0.4 is 15.8 Å². The van der Waals surface area contributed by atoms with Crippen molar-refractivity contribution >= 4 is 35.8 Å². The maximum absolute atomic E-state index is 10.9.